The molecule has 3 heterocycles. The van der Waals surface area contributed by atoms with E-state index in [9.17, 15) is 17.6 Å². The summed E-state index contributed by atoms with van der Waals surface area (Å²) in [5.74, 6) is -0.0241. The van der Waals surface area contributed by atoms with Crippen LogP contribution in [-0.4, -0.2) is 67.2 Å². The van der Waals surface area contributed by atoms with Gasteiger partial charge in [0, 0.05) is 31.9 Å². The molecule has 2 fully saturated rings. The number of piperidine rings is 1. The van der Waals surface area contributed by atoms with Gasteiger partial charge in [-0.1, -0.05) is 11.6 Å². The summed E-state index contributed by atoms with van der Waals surface area (Å²) in [5, 5.41) is 3.29. The van der Waals surface area contributed by atoms with Crippen molar-refractivity contribution in [3.8, 4) is 0 Å². The summed E-state index contributed by atoms with van der Waals surface area (Å²) in [7, 11) is -3.49. The predicted molar refractivity (Wildman–Crippen MR) is 116 cm³/mol. The molecule has 11 heteroatoms. The maximum absolute atomic E-state index is 14.4. The van der Waals surface area contributed by atoms with Crippen LogP contribution < -0.4 is 10.2 Å². The van der Waals surface area contributed by atoms with Gasteiger partial charge in [-0.3, -0.25) is 9.78 Å². The standard InChI is InChI=1S/C20H23ClFN5O3S/c1-31(29,30)14-2-3-16(15(22)10-14)24-17-6-9-27(20(17)28)13-4-7-26(8-5-13)19-12-23-11-18(21)25-19/h2-3,10-13,17,24H,4-9H2,1H3. The molecule has 8 nitrogen and oxygen atoms in total. The summed E-state index contributed by atoms with van der Waals surface area (Å²) in [6, 6.07) is 3.26. The molecule has 1 atom stereocenters. The first kappa shape index (κ1) is 21.8. The minimum atomic E-state index is -3.49. The summed E-state index contributed by atoms with van der Waals surface area (Å²) in [5.41, 5.74) is 0.127. The van der Waals surface area contributed by atoms with Gasteiger partial charge in [0.15, 0.2) is 9.84 Å². The zero-order chi connectivity index (χ0) is 22.2. The SMILES string of the molecule is CS(=O)(=O)c1ccc(NC2CCN(C3CCN(c4cncc(Cl)n4)CC3)C2=O)c(F)c1. The van der Waals surface area contributed by atoms with Crippen LogP contribution in [0, 0.1) is 5.82 Å². The summed E-state index contributed by atoms with van der Waals surface area (Å²) < 4.78 is 37.5. The molecule has 2 aliphatic rings. The van der Waals surface area contributed by atoms with E-state index < -0.39 is 21.7 Å². The Hall–Kier alpha value is -2.46. The Labute approximate surface area is 185 Å². The lowest BCUT2D eigenvalue weighted by molar-refractivity contribution is -0.130. The number of halogens is 2. The van der Waals surface area contributed by atoms with E-state index in [0.717, 1.165) is 44.1 Å². The van der Waals surface area contributed by atoms with E-state index in [0.29, 0.717) is 18.1 Å². The fraction of sp³-hybridized carbons (Fsp3) is 0.450. The van der Waals surface area contributed by atoms with Crippen molar-refractivity contribution >= 4 is 38.9 Å². The minimum Gasteiger partial charge on any atom is -0.371 e. The van der Waals surface area contributed by atoms with Crippen molar-refractivity contribution in [3.63, 3.8) is 0 Å². The molecule has 1 unspecified atom stereocenters. The summed E-state index contributed by atoms with van der Waals surface area (Å²) in [4.78, 5) is 25.2. The van der Waals surface area contributed by atoms with Crippen LogP contribution in [0.1, 0.15) is 19.3 Å². The van der Waals surface area contributed by atoms with Gasteiger partial charge in [0.2, 0.25) is 5.91 Å². The molecule has 31 heavy (non-hydrogen) atoms. The molecule has 0 bridgehead atoms. The Morgan fingerprint density at radius 2 is 1.90 bits per heavy atom. The van der Waals surface area contributed by atoms with Crippen molar-refractivity contribution in [1.82, 2.24) is 14.9 Å². The highest BCUT2D eigenvalue weighted by Gasteiger charge is 2.37. The monoisotopic (exact) mass is 467 g/mol. The van der Waals surface area contributed by atoms with E-state index in [1.165, 1.54) is 18.3 Å². The predicted octanol–water partition coefficient (Wildman–Crippen LogP) is 2.35. The van der Waals surface area contributed by atoms with Crippen molar-refractivity contribution in [2.75, 3.05) is 36.1 Å². The Bertz CT molecular complexity index is 1090. The van der Waals surface area contributed by atoms with E-state index >= 15 is 0 Å². The third kappa shape index (κ3) is 4.74. The largest absolute Gasteiger partial charge is 0.371 e. The molecule has 0 radical (unpaired) electrons. The van der Waals surface area contributed by atoms with Crippen molar-refractivity contribution in [2.45, 2.75) is 36.2 Å². The van der Waals surface area contributed by atoms with E-state index in [1.807, 2.05) is 4.90 Å². The maximum atomic E-state index is 14.4. The van der Waals surface area contributed by atoms with Crippen molar-refractivity contribution < 1.29 is 17.6 Å². The number of likely N-dealkylation sites (tertiary alicyclic amines) is 1. The molecule has 1 N–H and O–H groups in total. The van der Waals surface area contributed by atoms with Crippen molar-refractivity contribution in [1.29, 1.82) is 0 Å². The highest BCUT2D eigenvalue weighted by atomic mass is 35.5. The molecule has 0 saturated carbocycles. The second-order valence-corrected chi connectivity index (χ2v) is 10.3. The van der Waals surface area contributed by atoms with Gasteiger partial charge in [0.25, 0.3) is 0 Å². The van der Waals surface area contributed by atoms with Gasteiger partial charge < -0.3 is 15.1 Å². The number of hydrogen-bond donors (Lipinski definition) is 1. The molecule has 2 aliphatic heterocycles. The highest BCUT2D eigenvalue weighted by Crippen LogP contribution is 2.27. The number of aromatic nitrogens is 2. The van der Waals surface area contributed by atoms with Gasteiger partial charge in [-0.15, -0.1) is 0 Å². The van der Waals surface area contributed by atoms with Crippen LogP contribution in [0.3, 0.4) is 0 Å². The number of sulfone groups is 1. The number of hydrogen-bond acceptors (Lipinski definition) is 7. The number of rotatable bonds is 5. The number of nitrogens with one attached hydrogen (secondary N) is 1. The van der Waals surface area contributed by atoms with Crippen LogP contribution in [0.25, 0.3) is 0 Å². The molecule has 1 amide bonds. The molecule has 0 aliphatic carbocycles. The Balaban J connectivity index is 1.37. The molecule has 1 aromatic carbocycles. The molecule has 2 saturated heterocycles. The lowest BCUT2D eigenvalue weighted by Crippen LogP contribution is -2.47. The molecule has 0 spiro atoms. The van der Waals surface area contributed by atoms with Crippen LogP contribution in [0.4, 0.5) is 15.9 Å². The van der Waals surface area contributed by atoms with Gasteiger partial charge in [-0.05, 0) is 37.5 Å². The average molecular weight is 468 g/mol. The van der Waals surface area contributed by atoms with Crippen LogP contribution in [0.2, 0.25) is 5.15 Å². The quantitative estimate of drug-likeness (QED) is 0.721. The second kappa shape index (κ2) is 8.58. The van der Waals surface area contributed by atoms with E-state index in [-0.39, 0.29) is 22.5 Å². The molecular formula is C20H23ClFN5O3S. The van der Waals surface area contributed by atoms with Gasteiger partial charge >= 0.3 is 0 Å². The van der Waals surface area contributed by atoms with Crippen LogP contribution >= 0.6 is 11.6 Å². The molecule has 2 aromatic rings. The first-order valence-corrected chi connectivity index (χ1v) is 12.3. The smallest absolute Gasteiger partial charge is 0.245 e. The number of benzene rings is 1. The normalized spacial score (nSPS) is 20.4. The zero-order valence-electron chi connectivity index (χ0n) is 17.0. The minimum absolute atomic E-state index is 0.0624. The fourth-order valence-electron chi connectivity index (χ4n) is 4.12. The summed E-state index contributed by atoms with van der Waals surface area (Å²) in [6.45, 7) is 2.08. The van der Waals surface area contributed by atoms with Gasteiger partial charge in [-0.2, -0.15) is 0 Å². The third-order valence-corrected chi connectivity index (χ3v) is 7.05. The summed E-state index contributed by atoms with van der Waals surface area (Å²) in [6.07, 6.45) is 6.35. The number of anilines is 2. The van der Waals surface area contributed by atoms with Crippen LogP contribution in [-0.2, 0) is 14.6 Å². The summed E-state index contributed by atoms with van der Waals surface area (Å²) >= 11 is 5.92. The average Bonchev–Trinajstić information content (AvgIpc) is 3.09. The van der Waals surface area contributed by atoms with Crippen molar-refractivity contribution in [2.24, 2.45) is 0 Å². The topological polar surface area (TPSA) is 95.5 Å². The zero-order valence-corrected chi connectivity index (χ0v) is 18.5. The Kier molecular flexibility index (Phi) is 6.02. The Morgan fingerprint density at radius 1 is 1.16 bits per heavy atom. The van der Waals surface area contributed by atoms with Crippen LogP contribution in [0.5, 0.6) is 0 Å². The van der Waals surface area contributed by atoms with Crippen molar-refractivity contribution in [3.05, 3.63) is 41.6 Å². The highest BCUT2D eigenvalue weighted by molar-refractivity contribution is 7.90. The molecular weight excluding hydrogens is 445 g/mol. The van der Waals surface area contributed by atoms with Gasteiger partial charge in [0.1, 0.15) is 22.8 Å². The lowest BCUT2D eigenvalue weighted by atomic mass is 10.0. The first-order valence-electron chi connectivity index (χ1n) is 10.0. The van der Waals surface area contributed by atoms with Gasteiger partial charge in [-0.25, -0.2) is 17.8 Å². The first-order chi connectivity index (χ1) is 14.7. The lowest BCUT2D eigenvalue weighted by Gasteiger charge is -2.37. The van der Waals surface area contributed by atoms with Gasteiger partial charge in [0.05, 0.1) is 23.0 Å². The van der Waals surface area contributed by atoms with E-state index in [4.69, 9.17) is 11.6 Å². The number of carbonyl (C=O) groups is 1. The Morgan fingerprint density at radius 3 is 2.55 bits per heavy atom. The molecule has 1 aromatic heterocycles. The molecule has 166 valence electrons. The number of amides is 1. The van der Waals surface area contributed by atoms with Crippen LogP contribution in [0.15, 0.2) is 35.5 Å². The fourth-order valence-corrected chi connectivity index (χ4v) is 4.90. The third-order valence-electron chi connectivity index (χ3n) is 5.76. The number of nitrogens with zero attached hydrogens (tertiary/aromatic N) is 4. The second-order valence-electron chi connectivity index (χ2n) is 7.85. The van der Waals surface area contributed by atoms with E-state index in [1.54, 1.807) is 6.20 Å². The molecule has 4 rings (SSSR count). The maximum Gasteiger partial charge on any atom is 0.245 e. The van der Waals surface area contributed by atoms with E-state index in [2.05, 4.69) is 20.2 Å². The number of carbonyl (C=O) groups excluding carboxylic acids is 1.